The van der Waals surface area contributed by atoms with Crippen molar-refractivity contribution in [1.82, 2.24) is 10.9 Å². The minimum absolute atomic E-state index is 0.172. The van der Waals surface area contributed by atoms with Crippen LogP contribution < -0.4 is 10.9 Å². The SMILES string of the molecule is CC(C)(C)C1CCc2sc(C(=O)NNC(=O)CCl)cc2C1. The van der Waals surface area contributed by atoms with E-state index in [2.05, 4.69) is 31.6 Å². The maximum atomic E-state index is 12.0. The maximum Gasteiger partial charge on any atom is 0.279 e. The van der Waals surface area contributed by atoms with Crippen molar-refractivity contribution in [2.24, 2.45) is 11.3 Å². The summed E-state index contributed by atoms with van der Waals surface area (Å²) in [5.74, 6) is -0.222. The topological polar surface area (TPSA) is 58.2 Å². The fraction of sp³-hybridized carbons (Fsp3) is 0.600. The molecule has 1 aromatic rings. The van der Waals surface area contributed by atoms with Crippen LogP contribution in [-0.4, -0.2) is 17.7 Å². The molecular formula is C15H21ClN2O2S. The second-order valence-corrected chi connectivity index (χ2v) is 7.90. The van der Waals surface area contributed by atoms with Crippen molar-refractivity contribution in [3.8, 4) is 0 Å². The average molecular weight is 329 g/mol. The number of halogens is 1. The Kier molecular flexibility index (Phi) is 4.94. The molecule has 1 heterocycles. The Balaban J connectivity index is 2.04. The number of hydrogen-bond acceptors (Lipinski definition) is 3. The highest BCUT2D eigenvalue weighted by molar-refractivity contribution is 7.14. The van der Waals surface area contributed by atoms with Crippen molar-refractivity contribution in [2.45, 2.75) is 40.0 Å². The summed E-state index contributed by atoms with van der Waals surface area (Å²) in [6, 6.07) is 1.96. The second-order valence-electron chi connectivity index (χ2n) is 6.50. The van der Waals surface area contributed by atoms with E-state index in [-0.39, 0.29) is 17.2 Å². The highest BCUT2D eigenvalue weighted by Gasteiger charge is 2.30. The van der Waals surface area contributed by atoms with Gasteiger partial charge in [0.15, 0.2) is 0 Å². The van der Waals surface area contributed by atoms with Gasteiger partial charge in [-0.3, -0.25) is 20.4 Å². The van der Waals surface area contributed by atoms with Crippen molar-refractivity contribution < 1.29 is 9.59 Å². The van der Waals surface area contributed by atoms with Crippen LogP contribution in [0.4, 0.5) is 0 Å². The number of aryl methyl sites for hydroxylation is 1. The molecule has 21 heavy (non-hydrogen) atoms. The quantitative estimate of drug-likeness (QED) is 0.648. The van der Waals surface area contributed by atoms with Gasteiger partial charge in [-0.05, 0) is 42.2 Å². The summed E-state index contributed by atoms with van der Waals surface area (Å²) in [7, 11) is 0. The van der Waals surface area contributed by atoms with E-state index in [0.29, 0.717) is 10.8 Å². The first kappa shape index (κ1) is 16.3. The van der Waals surface area contributed by atoms with Crippen LogP contribution in [0, 0.1) is 11.3 Å². The Labute approximate surface area is 134 Å². The second kappa shape index (κ2) is 6.36. The van der Waals surface area contributed by atoms with E-state index in [4.69, 9.17) is 11.6 Å². The van der Waals surface area contributed by atoms with Gasteiger partial charge in [0.25, 0.3) is 11.8 Å². The van der Waals surface area contributed by atoms with Crippen LogP contribution in [0.25, 0.3) is 0 Å². The van der Waals surface area contributed by atoms with E-state index in [1.165, 1.54) is 28.2 Å². The number of amides is 2. The highest BCUT2D eigenvalue weighted by atomic mass is 35.5. The van der Waals surface area contributed by atoms with Gasteiger partial charge in [0.1, 0.15) is 5.88 Å². The van der Waals surface area contributed by atoms with Crippen LogP contribution in [0.5, 0.6) is 0 Å². The fourth-order valence-electron chi connectivity index (χ4n) is 2.60. The van der Waals surface area contributed by atoms with E-state index in [9.17, 15) is 9.59 Å². The number of nitrogens with one attached hydrogen (secondary N) is 2. The van der Waals surface area contributed by atoms with Crippen LogP contribution in [-0.2, 0) is 17.6 Å². The van der Waals surface area contributed by atoms with Gasteiger partial charge in [-0.1, -0.05) is 20.8 Å². The van der Waals surface area contributed by atoms with Gasteiger partial charge in [0.2, 0.25) is 0 Å². The molecule has 1 atom stereocenters. The summed E-state index contributed by atoms with van der Waals surface area (Å²) in [6.45, 7) is 6.80. The Morgan fingerprint density at radius 2 is 2.10 bits per heavy atom. The van der Waals surface area contributed by atoms with E-state index in [0.717, 1.165) is 12.8 Å². The van der Waals surface area contributed by atoms with Crippen LogP contribution >= 0.6 is 22.9 Å². The predicted octanol–water partition coefficient (Wildman–Crippen LogP) is 2.90. The number of rotatable bonds is 2. The number of hydrazine groups is 1. The summed E-state index contributed by atoms with van der Waals surface area (Å²) in [4.78, 5) is 25.0. The molecule has 2 amide bonds. The smallest absolute Gasteiger partial charge is 0.272 e. The molecular weight excluding hydrogens is 308 g/mol. The number of carbonyl (C=O) groups is 2. The zero-order valence-electron chi connectivity index (χ0n) is 12.6. The Morgan fingerprint density at radius 1 is 1.38 bits per heavy atom. The van der Waals surface area contributed by atoms with Gasteiger partial charge in [-0.15, -0.1) is 22.9 Å². The fourth-order valence-corrected chi connectivity index (χ4v) is 3.77. The van der Waals surface area contributed by atoms with Crippen molar-refractivity contribution in [2.75, 3.05) is 5.88 Å². The Morgan fingerprint density at radius 3 is 2.71 bits per heavy atom. The third-order valence-corrected chi connectivity index (χ3v) is 5.45. The number of thiophene rings is 1. The van der Waals surface area contributed by atoms with Crippen LogP contribution in [0.1, 0.15) is 47.3 Å². The first-order chi connectivity index (χ1) is 9.81. The van der Waals surface area contributed by atoms with Gasteiger partial charge in [0.05, 0.1) is 4.88 Å². The van der Waals surface area contributed by atoms with Crippen LogP contribution in [0.3, 0.4) is 0 Å². The van der Waals surface area contributed by atoms with Crippen molar-refractivity contribution in [3.05, 3.63) is 21.4 Å². The molecule has 2 N–H and O–H groups in total. The molecule has 1 unspecified atom stereocenters. The van der Waals surface area contributed by atoms with Crippen molar-refractivity contribution >= 4 is 34.8 Å². The van der Waals surface area contributed by atoms with Crippen LogP contribution in [0.2, 0.25) is 0 Å². The molecule has 0 aromatic carbocycles. The van der Waals surface area contributed by atoms with Crippen molar-refractivity contribution in [3.63, 3.8) is 0 Å². The minimum Gasteiger partial charge on any atom is -0.272 e. The lowest BCUT2D eigenvalue weighted by molar-refractivity contribution is -0.119. The third-order valence-electron chi connectivity index (χ3n) is 3.97. The monoisotopic (exact) mass is 328 g/mol. The molecule has 2 rings (SSSR count). The molecule has 6 heteroatoms. The molecule has 0 aliphatic heterocycles. The largest absolute Gasteiger partial charge is 0.279 e. The van der Waals surface area contributed by atoms with E-state index < -0.39 is 5.91 Å². The molecule has 0 saturated carbocycles. The standard InChI is InChI=1S/C15H21ClN2O2S/c1-15(2,3)10-4-5-11-9(6-10)7-12(21-11)14(20)18-17-13(19)8-16/h7,10H,4-6,8H2,1-3H3,(H,17,19)(H,18,20). The van der Waals surface area contributed by atoms with E-state index in [1.807, 2.05) is 6.07 Å². The predicted molar refractivity (Wildman–Crippen MR) is 85.6 cm³/mol. The normalized spacial score (nSPS) is 18.0. The van der Waals surface area contributed by atoms with Crippen molar-refractivity contribution in [1.29, 1.82) is 0 Å². The van der Waals surface area contributed by atoms with Gasteiger partial charge in [-0.2, -0.15) is 0 Å². The molecule has 0 saturated heterocycles. The van der Waals surface area contributed by atoms with E-state index in [1.54, 1.807) is 0 Å². The lowest BCUT2D eigenvalue weighted by Gasteiger charge is -2.33. The maximum absolute atomic E-state index is 12.0. The molecule has 0 bridgehead atoms. The highest BCUT2D eigenvalue weighted by Crippen LogP contribution is 2.39. The number of hydrogen-bond donors (Lipinski definition) is 2. The zero-order chi connectivity index (χ0) is 15.6. The molecule has 0 fully saturated rings. The van der Waals surface area contributed by atoms with Gasteiger partial charge < -0.3 is 0 Å². The summed E-state index contributed by atoms with van der Waals surface area (Å²) < 4.78 is 0. The Bertz CT molecular complexity index is 548. The summed E-state index contributed by atoms with van der Waals surface area (Å²) in [5, 5.41) is 0. The Hall–Kier alpha value is -1.07. The molecule has 116 valence electrons. The molecule has 1 aliphatic rings. The average Bonchev–Trinajstić information content (AvgIpc) is 2.86. The molecule has 0 radical (unpaired) electrons. The lowest BCUT2D eigenvalue weighted by atomic mass is 9.72. The number of carbonyl (C=O) groups excluding carboxylic acids is 2. The molecule has 1 aliphatic carbocycles. The first-order valence-electron chi connectivity index (χ1n) is 7.08. The molecule has 1 aromatic heterocycles. The third kappa shape index (κ3) is 3.98. The molecule has 4 nitrogen and oxygen atoms in total. The van der Waals surface area contributed by atoms with Gasteiger partial charge in [0, 0.05) is 4.88 Å². The summed E-state index contributed by atoms with van der Waals surface area (Å²) in [5.41, 5.74) is 6.23. The zero-order valence-corrected chi connectivity index (χ0v) is 14.2. The minimum atomic E-state index is -0.417. The van der Waals surface area contributed by atoms with E-state index >= 15 is 0 Å². The molecule has 0 spiro atoms. The number of fused-ring (bicyclic) bond motifs is 1. The van der Waals surface area contributed by atoms with Gasteiger partial charge >= 0.3 is 0 Å². The summed E-state index contributed by atoms with van der Waals surface area (Å²) >= 11 is 6.88. The van der Waals surface area contributed by atoms with Gasteiger partial charge in [-0.25, -0.2) is 0 Å². The number of alkyl halides is 1. The summed E-state index contributed by atoms with van der Waals surface area (Å²) in [6.07, 6.45) is 3.22. The first-order valence-corrected chi connectivity index (χ1v) is 8.43. The van der Waals surface area contributed by atoms with Crippen LogP contribution in [0.15, 0.2) is 6.07 Å². The lowest BCUT2D eigenvalue weighted by Crippen LogP contribution is -2.41.